The quantitative estimate of drug-likeness (QED) is 0.657. The number of amides is 2. The molecule has 6 heteroatoms. The number of methoxy groups -OCH3 is 1. The molecular weight excluding hydrogens is 380 g/mol. The van der Waals surface area contributed by atoms with Crippen LogP contribution in [0.15, 0.2) is 48.5 Å². The van der Waals surface area contributed by atoms with Gasteiger partial charge in [-0.25, -0.2) is 0 Å². The van der Waals surface area contributed by atoms with E-state index < -0.39 is 0 Å². The van der Waals surface area contributed by atoms with Gasteiger partial charge in [-0.1, -0.05) is 31.5 Å². The van der Waals surface area contributed by atoms with Crippen LogP contribution in [0.5, 0.6) is 11.5 Å². The number of rotatable bonds is 8. The van der Waals surface area contributed by atoms with E-state index >= 15 is 0 Å². The average molecular weight is 411 g/mol. The lowest BCUT2D eigenvalue weighted by molar-refractivity contribution is -0.121. The van der Waals surface area contributed by atoms with Crippen molar-refractivity contribution in [3.05, 3.63) is 54.1 Å². The molecule has 2 amide bonds. The van der Waals surface area contributed by atoms with E-state index in [0.29, 0.717) is 49.6 Å². The van der Waals surface area contributed by atoms with Gasteiger partial charge in [0.1, 0.15) is 0 Å². The first kappa shape index (κ1) is 21.7. The van der Waals surface area contributed by atoms with Crippen molar-refractivity contribution in [2.75, 3.05) is 32.1 Å². The number of unbranched alkanes of at least 4 members (excludes halogenated alkanes) is 1. The van der Waals surface area contributed by atoms with E-state index in [2.05, 4.69) is 12.2 Å². The lowest BCUT2D eigenvalue weighted by atomic mass is 9.95. The summed E-state index contributed by atoms with van der Waals surface area (Å²) in [7, 11) is 1.58. The number of hydrogen-bond donors (Lipinski definition) is 1. The standard InChI is InChI=1S/C24H30N2O4/c1-3-4-16-30-21-11-10-19(17-22(21)29-2)24(28)26-14-12-18(13-15-26)23(27)25-20-8-6-5-7-9-20/h5-11,17-18H,3-4,12-16H2,1-2H3,(H,25,27). The van der Waals surface area contributed by atoms with E-state index in [-0.39, 0.29) is 17.7 Å². The highest BCUT2D eigenvalue weighted by atomic mass is 16.5. The molecule has 6 nitrogen and oxygen atoms in total. The van der Waals surface area contributed by atoms with Crippen molar-refractivity contribution >= 4 is 17.5 Å². The summed E-state index contributed by atoms with van der Waals surface area (Å²) >= 11 is 0. The van der Waals surface area contributed by atoms with Gasteiger partial charge in [0.2, 0.25) is 5.91 Å². The topological polar surface area (TPSA) is 67.9 Å². The predicted molar refractivity (Wildman–Crippen MR) is 117 cm³/mol. The van der Waals surface area contributed by atoms with Gasteiger partial charge >= 0.3 is 0 Å². The number of ether oxygens (including phenoxy) is 2. The Morgan fingerprint density at radius 2 is 1.80 bits per heavy atom. The second kappa shape index (κ2) is 10.7. The van der Waals surface area contributed by atoms with Gasteiger partial charge in [-0.05, 0) is 49.6 Å². The molecule has 0 saturated carbocycles. The van der Waals surface area contributed by atoms with Crippen molar-refractivity contribution < 1.29 is 19.1 Å². The van der Waals surface area contributed by atoms with Crippen LogP contribution in [0.2, 0.25) is 0 Å². The number of nitrogens with zero attached hydrogens (tertiary/aromatic N) is 1. The molecule has 0 atom stereocenters. The fourth-order valence-electron chi connectivity index (χ4n) is 3.54. The highest BCUT2D eigenvalue weighted by Crippen LogP contribution is 2.29. The lowest BCUT2D eigenvalue weighted by Crippen LogP contribution is -2.41. The fraction of sp³-hybridized carbons (Fsp3) is 0.417. The van der Waals surface area contributed by atoms with E-state index in [1.54, 1.807) is 30.2 Å². The first-order chi connectivity index (χ1) is 14.6. The van der Waals surface area contributed by atoms with E-state index in [4.69, 9.17) is 9.47 Å². The Kier molecular flexibility index (Phi) is 7.71. The third-order valence-electron chi connectivity index (χ3n) is 5.36. The van der Waals surface area contributed by atoms with Gasteiger partial charge < -0.3 is 19.7 Å². The normalized spacial score (nSPS) is 14.3. The van der Waals surface area contributed by atoms with E-state index in [9.17, 15) is 9.59 Å². The van der Waals surface area contributed by atoms with Gasteiger partial charge in [-0.15, -0.1) is 0 Å². The Hall–Kier alpha value is -3.02. The molecule has 1 N–H and O–H groups in total. The molecule has 1 saturated heterocycles. The van der Waals surface area contributed by atoms with Gasteiger partial charge in [0.05, 0.1) is 13.7 Å². The first-order valence-electron chi connectivity index (χ1n) is 10.6. The molecule has 0 aromatic heterocycles. The zero-order chi connectivity index (χ0) is 21.3. The van der Waals surface area contributed by atoms with Gasteiger partial charge in [0.15, 0.2) is 11.5 Å². The number of likely N-dealkylation sites (tertiary alicyclic amines) is 1. The third-order valence-corrected chi connectivity index (χ3v) is 5.36. The molecule has 2 aromatic carbocycles. The molecule has 0 spiro atoms. The smallest absolute Gasteiger partial charge is 0.253 e. The molecule has 1 aliphatic heterocycles. The number of nitrogens with one attached hydrogen (secondary N) is 1. The van der Waals surface area contributed by atoms with Crippen LogP contribution in [0, 0.1) is 5.92 Å². The molecule has 0 unspecified atom stereocenters. The Bertz CT molecular complexity index is 846. The summed E-state index contributed by atoms with van der Waals surface area (Å²) in [6.45, 7) is 3.85. The Balaban J connectivity index is 1.56. The van der Waals surface area contributed by atoms with Crippen molar-refractivity contribution in [2.45, 2.75) is 32.6 Å². The van der Waals surface area contributed by atoms with Crippen LogP contribution in [-0.2, 0) is 4.79 Å². The maximum atomic E-state index is 12.9. The Morgan fingerprint density at radius 3 is 2.47 bits per heavy atom. The number of para-hydroxylation sites is 1. The summed E-state index contributed by atoms with van der Waals surface area (Å²) in [5.74, 6) is 1.10. The Labute approximate surface area is 178 Å². The van der Waals surface area contributed by atoms with Crippen LogP contribution in [0.25, 0.3) is 0 Å². The van der Waals surface area contributed by atoms with Gasteiger partial charge in [-0.2, -0.15) is 0 Å². The number of anilines is 1. The minimum Gasteiger partial charge on any atom is -0.493 e. The molecule has 0 radical (unpaired) electrons. The molecule has 1 heterocycles. The van der Waals surface area contributed by atoms with Crippen LogP contribution in [0.4, 0.5) is 5.69 Å². The van der Waals surface area contributed by atoms with Crippen molar-refractivity contribution in [3.63, 3.8) is 0 Å². The SMILES string of the molecule is CCCCOc1ccc(C(=O)N2CCC(C(=O)Nc3ccccc3)CC2)cc1OC. The zero-order valence-electron chi connectivity index (χ0n) is 17.7. The molecule has 0 aliphatic carbocycles. The van der Waals surface area contributed by atoms with Crippen LogP contribution in [0.1, 0.15) is 43.0 Å². The Morgan fingerprint density at radius 1 is 1.07 bits per heavy atom. The lowest BCUT2D eigenvalue weighted by Gasteiger charge is -2.31. The summed E-state index contributed by atoms with van der Waals surface area (Å²) in [5.41, 5.74) is 1.37. The van der Waals surface area contributed by atoms with Crippen LogP contribution in [-0.4, -0.2) is 43.5 Å². The molecule has 0 bridgehead atoms. The zero-order valence-corrected chi connectivity index (χ0v) is 17.7. The van der Waals surface area contributed by atoms with E-state index in [1.807, 2.05) is 30.3 Å². The largest absolute Gasteiger partial charge is 0.493 e. The van der Waals surface area contributed by atoms with Crippen molar-refractivity contribution in [1.82, 2.24) is 4.90 Å². The number of carbonyl (C=O) groups is 2. The molecule has 1 aliphatic rings. The number of hydrogen-bond acceptors (Lipinski definition) is 4. The molecular formula is C24H30N2O4. The average Bonchev–Trinajstić information content (AvgIpc) is 2.79. The summed E-state index contributed by atoms with van der Waals surface area (Å²) in [4.78, 5) is 27.2. The molecule has 1 fully saturated rings. The number of piperidine rings is 1. The highest BCUT2D eigenvalue weighted by molar-refractivity contribution is 5.96. The third kappa shape index (κ3) is 5.53. The maximum Gasteiger partial charge on any atom is 0.253 e. The minimum absolute atomic E-state index is 0.0172. The number of benzene rings is 2. The summed E-state index contributed by atoms with van der Waals surface area (Å²) in [6, 6.07) is 14.8. The fourth-order valence-corrected chi connectivity index (χ4v) is 3.54. The van der Waals surface area contributed by atoms with Crippen LogP contribution < -0.4 is 14.8 Å². The summed E-state index contributed by atoms with van der Waals surface area (Å²) in [5, 5.41) is 2.96. The highest BCUT2D eigenvalue weighted by Gasteiger charge is 2.28. The van der Waals surface area contributed by atoms with Crippen molar-refractivity contribution in [1.29, 1.82) is 0 Å². The van der Waals surface area contributed by atoms with Crippen LogP contribution >= 0.6 is 0 Å². The second-order valence-corrected chi connectivity index (χ2v) is 7.49. The molecule has 3 rings (SSSR count). The molecule has 160 valence electrons. The predicted octanol–water partition coefficient (Wildman–Crippen LogP) is 4.37. The maximum absolute atomic E-state index is 12.9. The summed E-state index contributed by atoms with van der Waals surface area (Å²) < 4.78 is 11.2. The minimum atomic E-state index is -0.0851. The molecule has 30 heavy (non-hydrogen) atoms. The van der Waals surface area contributed by atoms with Crippen LogP contribution in [0.3, 0.4) is 0 Å². The van der Waals surface area contributed by atoms with Crippen molar-refractivity contribution in [3.8, 4) is 11.5 Å². The van der Waals surface area contributed by atoms with E-state index in [1.165, 1.54) is 0 Å². The van der Waals surface area contributed by atoms with Gasteiger partial charge in [0, 0.05) is 30.3 Å². The van der Waals surface area contributed by atoms with Gasteiger partial charge in [-0.3, -0.25) is 9.59 Å². The monoisotopic (exact) mass is 410 g/mol. The van der Waals surface area contributed by atoms with Gasteiger partial charge in [0.25, 0.3) is 5.91 Å². The van der Waals surface area contributed by atoms with E-state index in [0.717, 1.165) is 18.5 Å². The summed E-state index contributed by atoms with van der Waals surface area (Å²) in [6.07, 6.45) is 3.33. The van der Waals surface area contributed by atoms with Crippen molar-refractivity contribution in [2.24, 2.45) is 5.92 Å². The molecule has 2 aromatic rings. The second-order valence-electron chi connectivity index (χ2n) is 7.49. The number of carbonyl (C=O) groups excluding carboxylic acids is 2. The first-order valence-corrected chi connectivity index (χ1v) is 10.6.